The van der Waals surface area contributed by atoms with Crippen LogP contribution in [0.5, 0.6) is 11.5 Å². The Morgan fingerprint density at radius 2 is 1.43 bits per heavy atom. The Morgan fingerprint density at radius 3 is 1.82 bits per heavy atom. The van der Waals surface area contributed by atoms with Crippen molar-refractivity contribution in [3.63, 3.8) is 0 Å². The molecule has 1 aromatic carbocycles. The Labute approximate surface area is 167 Å². The monoisotopic (exact) mass is 513 g/mol. The van der Waals surface area contributed by atoms with E-state index in [1.54, 1.807) is 0 Å². The van der Waals surface area contributed by atoms with Gasteiger partial charge in [-0.1, -0.05) is 0 Å². The van der Waals surface area contributed by atoms with E-state index in [9.17, 15) is 34.8 Å². The highest BCUT2D eigenvalue weighted by Crippen LogP contribution is 2.32. The Bertz CT molecular complexity index is 890. The summed E-state index contributed by atoms with van der Waals surface area (Å²) in [5, 5.41) is 0. The summed E-state index contributed by atoms with van der Waals surface area (Å²) in [6, 6.07) is 5.30. The molecule has 1 heterocycles. The number of benzene rings is 1. The number of hydrogen-bond acceptors (Lipinski definition) is 5. The molecule has 2 rings (SSSR count). The number of halogens is 7. The predicted molar refractivity (Wildman–Crippen MR) is 92.4 cm³/mol. The summed E-state index contributed by atoms with van der Waals surface area (Å²) < 4.78 is 110. The first-order valence-corrected chi connectivity index (χ1v) is 10.2. The summed E-state index contributed by atoms with van der Waals surface area (Å²) >= 11 is 3.94. The van der Waals surface area contributed by atoms with E-state index < -0.39 is 47.1 Å². The fourth-order valence-electron chi connectivity index (χ4n) is 1.78. The van der Waals surface area contributed by atoms with Crippen molar-refractivity contribution >= 4 is 43.0 Å². The fraction of sp³-hybridized carbons (Fsp3) is 0.286. The Kier molecular flexibility index (Phi) is 6.76. The van der Waals surface area contributed by atoms with E-state index in [-0.39, 0.29) is 9.90 Å². The quantitative estimate of drug-likeness (QED) is 0.517. The van der Waals surface area contributed by atoms with Gasteiger partial charge < -0.3 is 9.47 Å². The number of ether oxygens (including phenoxy) is 2. The molecule has 0 saturated carbocycles. The highest BCUT2D eigenvalue weighted by molar-refractivity contribution is 9.11. The zero-order chi connectivity index (χ0) is 21.2. The van der Waals surface area contributed by atoms with Crippen molar-refractivity contribution in [2.24, 2.45) is 0 Å². The first-order valence-electron chi connectivity index (χ1n) is 7.06. The van der Waals surface area contributed by atoms with E-state index in [1.807, 2.05) is 0 Å². The van der Waals surface area contributed by atoms with Crippen LogP contribution in [0.4, 0.5) is 32.0 Å². The van der Waals surface area contributed by atoms with Gasteiger partial charge in [0.1, 0.15) is 15.7 Å². The van der Waals surface area contributed by atoms with Gasteiger partial charge in [-0.25, -0.2) is 8.42 Å². The van der Waals surface area contributed by atoms with Gasteiger partial charge in [0.25, 0.3) is 10.0 Å². The maximum Gasteiger partial charge on any atom is 0.422 e. The summed E-state index contributed by atoms with van der Waals surface area (Å²) in [4.78, 5) is 0. The van der Waals surface area contributed by atoms with Crippen molar-refractivity contribution in [1.29, 1.82) is 0 Å². The lowest BCUT2D eigenvalue weighted by Crippen LogP contribution is -2.20. The molecule has 0 bridgehead atoms. The first-order chi connectivity index (χ1) is 12.7. The molecule has 0 aliphatic heterocycles. The molecule has 0 aliphatic rings. The molecule has 0 unspecified atom stereocenters. The van der Waals surface area contributed by atoms with Gasteiger partial charge in [-0.3, -0.25) is 4.72 Å². The van der Waals surface area contributed by atoms with Crippen LogP contribution >= 0.6 is 27.3 Å². The first kappa shape index (κ1) is 22.6. The van der Waals surface area contributed by atoms with Crippen LogP contribution in [-0.4, -0.2) is 34.0 Å². The minimum atomic E-state index is -4.70. The van der Waals surface area contributed by atoms with E-state index in [1.165, 1.54) is 12.1 Å². The fourth-order valence-corrected chi connectivity index (χ4v) is 4.83. The molecular weight excluding hydrogens is 504 g/mol. The largest absolute Gasteiger partial charge is 0.484 e. The third kappa shape index (κ3) is 7.39. The van der Waals surface area contributed by atoms with Crippen LogP contribution < -0.4 is 14.2 Å². The van der Waals surface area contributed by atoms with Crippen molar-refractivity contribution < 1.29 is 44.2 Å². The van der Waals surface area contributed by atoms with Crippen molar-refractivity contribution in [2.45, 2.75) is 16.6 Å². The number of anilines is 1. The third-order valence-corrected chi connectivity index (χ3v) is 6.25. The summed E-state index contributed by atoms with van der Waals surface area (Å²) in [5.74, 6) is -1.05. The number of hydrogen-bond donors (Lipinski definition) is 1. The molecule has 0 amide bonds. The molecule has 1 aromatic heterocycles. The van der Waals surface area contributed by atoms with Gasteiger partial charge in [0.15, 0.2) is 13.2 Å². The van der Waals surface area contributed by atoms with Crippen LogP contribution in [0.15, 0.2) is 38.3 Å². The predicted octanol–water partition coefficient (Wildman–Crippen LogP) is 5.19. The molecule has 0 radical (unpaired) electrons. The van der Waals surface area contributed by atoms with Crippen molar-refractivity contribution in [1.82, 2.24) is 0 Å². The van der Waals surface area contributed by atoms with Crippen LogP contribution in [0.3, 0.4) is 0 Å². The minimum Gasteiger partial charge on any atom is -0.484 e. The van der Waals surface area contributed by atoms with Gasteiger partial charge in [0.05, 0.1) is 9.47 Å². The normalized spacial score (nSPS) is 12.7. The van der Waals surface area contributed by atoms with Crippen LogP contribution in [0, 0.1) is 0 Å². The van der Waals surface area contributed by atoms with E-state index in [0.29, 0.717) is 3.79 Å². The number of rotatable bonds is 7. The Balaban J connectivity index is 2.30. The summed E-state index contributed by atoms with van der Waals surface area (Å²) in [6.07, 6.45) is -9.41. The van der Waals surface area contributed by atoms with Crippen LogP contribution in [-0.2, 0) is 10.0 Å². The van der Waals surface area contributed by atoms with E-state index in [0.717, 1.165) is 29.5 Å². The molecule has 5 nitrogen and oxygen atoms in total. The highest BCUT2D eigenvalue weighted by atomic mass is 79.9. The second kappa shape index (κ2) is 8.37. The molecule has 0 spiro atoms. The topological polar surface area (TPSA) is 64.6 Å². The van der Waals surface area contributed by atoms with Gasteiger partial charge >= 0.3 is 12.4 Å². The van der Waals surface area contributed by atoms with Crippen LogP contribution in [0.2, 0.25) is 0 Å². The number of nitrogens with one attached hydrogen (secondary N) is 1. The standard InChI is InChI=1S/C14H10BrF6NO4S2/c15-11-1-2-12(27-11)28(23,24)22-8-3-9(25-6-13(16,17)18)5-10(4-8)26-7-14(19,20)21/h1-5,22H,6-7H2. The lowest BCUT2D eigenvalue weighted by molar-refractivity contribution is -0.153. The maximum absolute atomic E-state index is 12.3. The van der Waals surface area contributed by atoms with Gasteiger partial charge in [-0.15, -0.1) is 11.3 Å². The zero-order valence-corrected chi connectivity index (χ0v) is 16.6. The zero-order valence-electron chi connectivity index (χ0n) is 13.4. The number of sulfonamides is 1. The Morgan fingerprint density at radius 1 is 0.929 bits per heavy atom. The molecule has 14 heteroatoms. The average molecular weight is 514 g/mol. The highest BCUT2D eigenvalue weighted by Gasteiger charge is 2.30. The second-order valence-electron chi connectivity index (χ2n) is 5.16. The lowest BCUT2D eigenvalue weighted by atomic mass is 10.3. The van der Waals surface area contributed by atoms with Gasteiger partial charge in [0.2, 0.25) is 0 Å². The summed E-state index contributed by atoms with van der Waals surface area (Å²) in [5.41, 5.74) is -0.332. The molecular formula is C14H10BrF6NO4S2. The van der Waals surface area contributed by atoms with E-state index in [4.69, 9.17) is 0 Å². The SMILES string of the molecule is O=S(=O)(Nc1cc(OCC(F)(F)F)cc(OCC(F)(F)F)c1)c1ccc(Br)s1. The summed E-state index contributed by atoms with van der Waals surface area (Å²) in [6.45, 7) is -3.44. The molecule has 0 fully saturated rings. The van der Waals surface area contributed by atoms with E-state index in [2.05, 4.69) is 30.1 Å². The average Bonchev–Trinajstić information content (AvgIpc) is 2.97. The second-order valence-corrected chi connectivity index (χ2v) is 9.54. The molecule has 1 N–H and O–H groups in total. The molecule has 2 aromatic rings. The van der Waals surface area contributed by atoms with Crippen LogP contribution in [0.25, 0.3) is 0 Å². The minimum absolute atomic E-state index is 0.126. The van der Waals surface area contributed by atoms with E-state index >= 15 is 0 Å². The van der Waals surface area contributed by atoms with Gasteiger partial charge in [-0.2, -0.15) is 26.3 Å². The van der Waals surface area contributed by atoms with Crippen molar-refractivity contribution in [3.8, 4) is 11.5 Å². The van der Waals surface area contributed by atoms with Crippen molar-refractivity contribution in [2.75, 3.05) is 17.9 Å². The Hall–Kier alpha value is -1.67. The van der Waals surface area contributed by atoms with Gasteiger partial charge in [0, 0.05) is 18.2 Å². The number of alkyl halides is 6. The molecule has 156 valence electrons. The molecule has 28 heavy (non-hydrogen) atoms. The maximum atomic E-state index is 12.3. The van der Waals surface area contributed by atoms with Crippen LogP contribution in [0.1, 0.15) is 0 Å². The summed E-state index contributed by atoms with van der Waals surface area (Å²) in [7, 11) is -4.13. The molecule has 0 atom stereocenters. The number of thiophene rings is 1. The third-order valence-electron chi connectivity index (χ3n) is 2.75. The van der Waals surface area contributed by atoms with Crippen molar-refractivity contribution in [3.05, 3.63) is 34.1 Å². The molecule has 0 saturated heterocycles. The smallest absolute Gasteiger partial charge is 0.422 e. The lowest BCUT2D eigenvalue weighted by Gasteiger charge is -2.15. The van der Waals surface area contributed by atoms with Gasteiger partial charge in [-0.05, 0) is 28.1 Å². The molecule has 0 aliphatic carbocycles.